The van der Waals surface area contributed by atoms with Gasteiger partial charge in [0, 0.05) is 6.42 Å². The summed E-state index contributed by atoms with van der Waals surface area (Å²) < 4.78 is 0. The number of rotatable bonds is 6. The lowest BCUT2D eigenvalue weighted by molar-refractivity contribution is -0.116. The molecule has 2 N–H and O–H groups in total. The van der Waals surface area contributed by atoms with Gasteiger partial charge in [0.25, 0.3) is 0 Å². The van der Waals surface area contributed by atoms with Gasteiger partial charge < -0.3 is 10.4 Å². The summed E-state index contributed by atoms with van der Waals surface area (Å²) in [5, 5.41) is 11.8. The van der Waals surface area contributed by atoms with Crippen LogP contribution in [0, 0.1) is 0 Å². The third-order valence-corrected chi connectivity index (χ3v) is 2.75. The molecule has 0 bridgehead atoms. The molecule has 18 heavy (non-hydrogen) atoms. The Balaban J connectivity index is 2.87. The average Bonchev–Trinajstić information content (AvgIpc) is 2.36. The largest absolute Gasteiger partial charge is 0.478 e. The second-order valence-corrected chi connectivity index (χ2v) is 4.19. The summed E-state index contributed by atoms with van der Waals surface area (Å²) in [6.07, 6.45) is 2.94. The Kier molecular flexibility index (Phi) is 5.36. The summed E-state index contributed by atoms with van der Waals surface area (Å²) in [6.45, 7) is 3.96. The van der Waals surface area contributed by atoms with Crippen LogP contribution in [-0.2, 0) is 11.2 Å². The van der Waals surface area contributed by atoms with Crippen molar-refractivity contribution < 1.29 is 14.7 Å². The summed E-state index contributed by atoms with van der Waals surface area (Å²) in [6, 6.07) is 5.10. The third kappa shape index (κ3) is 3.87. The maximum Gasteiger partial charge on any atom is 0.337 e. The van der Waals surface area contributed by atoms with Crippen molar-refractivity contribution in [1.82, 2.24) is 0 Å². The zero-order valence-corrected chi connectivity index (χ0v) is 10.8. The fourth-order valence-corrected chi connectivity index (χ4v) is 1.65. The van der Waals surface area contributed by atoms with E-state index in [0.29, 0.717) is 12.1 Å². The number of hydrogen-bond donors (Lipinski definition) is 2. The van der Waals surface area contributed by atoms with Crippen LogP contribution in [0.3, 0.4) is 0 Å². The van der Waals surface area contributed by atoms with Crippen molar-refractivity contribution in [2.75, 3.05) is 5.32 Å². The molecule has 0 aliphatic heterocycles. The molecule has 0 fully saturated rings. The van der Waals surface area contributed by atoms with Crippen LogP contribution in [0.25, 0.3) is 0 Å². The van der Waals surface area contributed by atoms with Crippen molar-refractivity contribution in [3.8, 4) is 0 Å². The highest BCUT2D eigenvalue weighted by molar-refractivity contribution is 6.00. The molecule has 0 heterocycles. The Morgan fingerprint density at radius 1 is 1.28 bits per heavy atom. The number of aryl methyl sites for hydroxylation is 1. The van der Waals surface area contributed by atoms with Gasteiger partial charge in [-0.1, -0.05) is 26.3 Å². The second kappa shape index (κ2) is 6.79. The number of anilines is 1. The van der Waals surface area contributed by atoms with Crippen LogP contribution in [0.1, 0.15) is 49.0 Å². The predicted molar refractivity (Wildman–Crippen MR) is 70.9 cm³/mol. The first-order valence-electron chi connectivity index (χ1n) is 6.24. The van der Waals surface area contributed by atoms with Crippen LogP contribution in [0.15, 0.2) is 18.2 Å². The monoisotopic (exact) mass is 249 g/mol. The fourth-order valence-electron chi connectivity index (χ4n) is 1.65. The summed E-state index contributed by atoms with van der Waals surface area (Å²) in [4.78, 5) is 22.7. The van der Waals surface area contributed by atoms with Crippen molar-refractivity contribution in [3.05, 3.63) is 29.3 Å². The number of carbonyl (C=O) groups excluding carboxylic acids is 1. The molecule has 0 unspecified atom stereocenters. The summed E-state index contributed by atoms with van der Waals surface area (Å²) >= 11 is 0. The number of aromatic carboxylic acids is 1. The SMILES string of the molecule is CCCCC(=O)Nc1ccc(CC)cc1C(=O)O. The number of unbranched alkanes of at least 4 members (excludes halogenated alkanes) is 1. The second-order valence-electron chi connectivity index (χ2n) is 4.19. The minimum absolute atomic E-state index is 0.136. The Bertz CT molecular complexity index is 441. The van der Waals surface area contributed by atoms with Crippen LogP contribution < -0.4 is 5.32 Å². The molecule has 98 valence electrons. The van der Waals surface area contributed by atoms with Crippen molar-refractivity contribution in [2.24, 2.45) is 0 Å². The van der Waals surface area contributed by atoms with Gasteiger partial charge in [0.2, 0.25) is 5.91 Å². The highest BCUT2D eigenvalue weighted by Gasteiger charge is 2.12. The number of hydrogen-bond acceptors (Lipinski definition) is 2. The third-order valence-electron chi connectivity index (χ3n) is 2.75. The van der Waals surface area contributed by atoms with Gasteiger partial charge in [-0.05, 0) is 30.5 Å². The quantitative estimate of drug-likeness (QED) is 0.814. The minimum Gasteiger partial charge on any atom is -0.478 e. The topological polar surface area (TPSA) is 66.4 Å². The number of carboxylic acid groups (broad SMARTS) is 1. The van der Waals surface area contributed by atoms with Crippen LogP contribution in [-0.4, -0.2) is 17.0 Å². The summed E-state index contributed by atoms with van der Waals surface area (Å²) in [5.74, 6) is -1.15. The van der Waals surface area contributed by atoms with Crippen molar-refractivity contribution in [2.45, 2.75) is 39.5 Å². The lowest BCUT2D eigenvalue weighted by Crippen LogP contribution is -2.14. The van der Waals surface area contributed by atoms with E-state index >= 15 is 0 Å². The molecule has 0 atom stereocenters. The molecule has 4 nitrogen and oxygen atoms in total. The van der Waals surface area contributed by atoms with Gasteiger partial charge in [-0.25, -0.2) is 4.79 Å². The van der Waals surface area contributed by atoms with E-state index in [1.165, 1.54) is 0 Å². The maximum absolute atomic E-state index is 11.6. The molecule has 0 aliphatic carbocycles. The normalized spacial score (nSPS) is 10.1. The standard InChI is InChI=1S/C14H19NO3/c1-3-5-6-13(16)15-12-8-7-10(4-2)9-11(12)14(17)18/h7-9H,3-6H2,1-2H3,(H,15,16)(H,17,18). The van der Waals surface area contributed by atoms with Crippen LogP contribution in [0.5, 0.6) is 0 Å². The first kappa shape index (κ1) is 14.2. The lowest BCUT2D eigenvalue weighted by Gasteiger charge is -2.09. The van der Waals surface area contributed by atoms with Gasteiger partial charge >= 0.3 is 5.97 Å². The zero-order valence-electron chi connectivity index (χ0n) is 10.8. The predicted octanol–water partition coefficient (Wildman–Crippen LogP) is 3.08. The average molecular weight is 249 g/mol. The Morgan fingerprint density at radius 2 is 2.00 bits per heavy atom. The summed E-state index contributed by atoms with van der Waals surface area (Å²) in [7, 11) is 0. The van der Waals surface area contributed by atoms with E-state index in [-0.39, 0.29) is 11.5 Å². The molecule has 0 spiro atoms. The molecule has 1 aromatic rings. The Hall–Kier alpha value is -1.84. The van der Waals surface area contributed by atoms with Gasteiger partial charge in [-0.15, -0.1) is 0 Å². The number of carboxylic acids is 1. The van der Waals surface area contributed by atoms with E-state index in [1.54, 1.807) is 12.1 Å². The van der Waals surface area contributed by atoms with Gasteiger partial charge in [0.15, 0.2) is 0 Å². The van der Waals surface area contributed by atoms with Crippen LogP contribution in [0.2, 0.25) is 0 Å². The number of carbonyl (C=O) groups is 2. The summed E-state index contributed by atoms with van der Waals surface area (Å²) in [5.41, 5.74) is 1.47. The molecular weight excluding hydrogens is 230 g/mol. The highest BCUT2D eigenvalue weighted by Crippen LogP contribution is 2.18. The molecule has 0 saturated carbocycles. The first-order valence-corrected chi connectivity index (χ1v) is 6.24. The van der Waals surface area contributed by atoms with Gasteiger partial charge in [0.1, 0.15) is 0 Å². The zero-order chi connectivity index (χ0) is 13.5. The van der Waals surface area contributed by atoms with E-state index in [2.05, 4.69) is 5.32 Å². The number of amides is 1. The number of nitrogens with one attached hydrogen (secondary N) is 1. The van der Waals surface area contributed by atoms with E-state index in [4.69, 9.17) is 5.11 Å². The van der Waals surface area contributed by atoms with E-state index < -0.39 is 5.97 Å². The molecule has 1 aromatic carbocycles. The smallest absolute Gasteiger partial charge is 0.337 e. The minimum atomic E-state index is -1.02. The van der Waals surface area contributed by atoms with Crippen molar-refractivity contribution in [1.29, 1.82) is 0 Å². The maximum atomic E-state index is 11.6. The molecular formula is C14H19NO3. The van der Waals surface area contributed by atoms with Gasteiger partial charge in [-0.2, -0.15) is 0 Å². The van der Waals surface area contributed by atoms with Crippen molar-refractivity contribution in [3.63, 3.8) is 0 Å². The Labute approximate surface area is 107 Å². The van der Waals surface area contributed by atoms with Crippen LogP contribution >= 0.6 is 0 Å². The molecule has 4 heteroatoms. The Morgan fingerprint density at radius 3 is 2.56 bits per heavy atom. The molecule has 0 aliphatic rings. The van der Waals surface area contributed by atoms with E-state index in [9.17, 15) is 9.59 Å². The molecule has 1 rings (SSSR count). The molecule has 0 saturated heterocycles. The van der Waals surface area contributed by atoms with E-state index in [0.717, 1.165) is 24.8 Å². The van der Waals surface area contributed by atoms with Gasteiger partial charge in [0.05, 0.1) is 11.3 Å². The van der Waals surface area contributed by atoms with Gasteiger partial charge in [-0.3, -0.25) is 4.79 Å². The number of benzene rings is 1. The fraction of sp³-hybridized carbons (Fsp3) is 0.429. The van der Waals surface area contributed by atoms with Crippen LogP contribution in [0.4, 0.5) is 5.69 Å². The highest BCUT2D eigenvalue weighted by atomic mass is 16.4. The lowest BCUT2D eigenvalue weighted by atomic mass is 10.1. The molecule has 1 amide bonds. The molecule has 0 radical (unpaired) electrons. The first-order chi connectivity index (χ1) is 8.58. The van der Waals surface area contributed by atoms with Crippen molar-refractivity contribution >= 4 is 17.6 Å². The molecule has 0 aromatic heterocycles. The van der Waals surface area contributed by atoms with E-state index in [1.807, 2.05) is 19.9 Å².